The summed E-state index contributed by atoms with van der Waals surface area (Å²) in [5.41, 5.74) is 5.84. The Hall–Kier alpha value is -3.79. The van der Waals surface area contributed by atoms with E-state index >= 15 is 0 Å². The lowest BCUT2D eigenvalue weighted by molar-refractivity contribution is -0.119. The maximum atomic E-state index is 13.5. The SMILES string of the molecule is COc1ccccc1N(CC(=O)N/N=C\c1cc(C)n(-c2cc(Cl)ccc2Cl)c1C)S(=O)(=O)c1ccccc1. The molecule has 202 valence electrons. The van der Waals surface area contributed by atoms with Crippen molar-refractivity contribution >= 4 is 51.0 Å². The zero-order valence-corrected chi connectivity index (χ0v) is 23.8. The van der Waals surface area contributed by atoms with Crippen LogP contribution in [0.1, 0.15) is 17.0 Å². The predicted octanol–water partition coefficient (Wildman–Crippen LogP) is 5.76. The molecule has 0 bridgehead atoms. The molecular formula is C28H26Cl2N4O4S. The van der Waals surface area contributed by atoms with Gasteiger partial charge in [0.05, 0.1) is 34.6 Å². The van der Waals surface area contributed by atoms with Crippen molar-refractivity contribution in [3.8, 4) is 11.4 Å². The van der Waals surface area contributed by atoms with Gasteiger partial charge >= 0.3 is 0 Å². The summed E-state index contributed by atoms with van der Waals surface area (Å²) >= 11 is 12.6. The van der Waals surface area contributed by atoms with Gasteiger partial charge in [-0.05, 0) is 62.4 Å². The number of ether oxygens (including phenoxy) is 1. The number of halogens is 2. The summed E-state index contributed by atoms with van der Waals surface area (Å²) in [5, 5.41) is 5.17. The number of hydrazone groups is 1. The molecule has 0 aliphatic rings. The van der Waals surface area contributed by atoms with E-state index in [0.717, 1.165) is 26.9 Å². The normalized spacial score (nSPS) is 11.5. The van der Waals surface area contributed by atoms with E-state index in [1.54, 1.807) is 60.7 Å². The number of anilines is 1. The van der Waals surface area contributed by atoms with Crippen LogP contribution in [-0.2, 0) is 14.8 Å². The van der Waals surface area contributed by atoms with Gasteiger partial charge in [0.2, 0.25) is 0 Å². The molecule has 0 unspecified atom stereocenters. The van der Waals surface area contributed by atoms with Crippen molar-refractivity contribution in [2.45, 2.75) is 18.7 Å². The molecule has 0 saturated heterocycles. The zero-order valence-electron chi connectivity index (χ0n) is 21.4. The molecule has 4 rings (SSSR count). The van der Waals surface area contributed by atoms with Gasteiger partial charge in [0.1, 0.15) is 12.3 Å². The lowest BCUT2D eigenvalue weighted by Gasteiger charge is -2.25. The summed E-state index contributed by atoms with van der Waals surface area (Å²) in [6.45, 7) is 3.29. The Bertz CT molecular complexity index is 1640. The fourth-order valence-electron chi connectivity index (χ4n) is 4.14. The number of carbonyl (C=O) groups excluding carboxylic acids is 1. The highest BCUT2D eigenvalue weighted by Gasteiger charge is 2.29. The number of hydrogen-bond acceptors (Lipinski definition) is 5. The van der Waals surface area contributed by atoms with Gasteiger partial charge in [0.25, 0.3) is 15.9 Å². The minimum atomic E-state index is -4.09. The maximum absolute atomic E-state index is 13.5. The fraction of sp³-hybridized carbons (Fsp3) is 0.143. The molecule has 0 saturated carbocycles. The summed E-state index contributed by atoms with van der Waals surface area (Å²) in [6.07, 6.45) is 1.49. The molecule has 1 N–H and O–H groups in total. The fourth-order valence-corrected chi connectivity index (χ4v) is 5.96. The molecule has 1 amide bonds. The first-order chi connectivity index (χ1) is 18.6. The van der Waals surface area contributed by atoms with Crippen molar-refractivity contribution in [1.29, 1.82) is 0 Å². The van der Waals surface area contributed by atoms with Crippen LogP contribution >= 0.6 is 23.2 Å². The number of nitrogens with one attached hydrogen (secondary N) is 1. The number of benzene rings is 3. The number of methoxy groups -OCH3 is 1. The smallest absolute Gasteiger partial charge is 0.264 e. The Morgan fingerprint density at radius 2 is 1.72 bits per heavy atom. The molecule has 0 fully saturated rings. The predicted molar refractivity (Wildman–Crippen MR) is 155 cm³/mol. The monoisotopic (exact) mass is 584 g/mol. The minimum Gasteiger partial charge on any atom is -0.495 e. The second-order valence-corrected chi connectivity index (χ2v) is 11.3. The van der Waals surface area contributed by atoms with Crippen molar-refractivity contribution in [3.63, 3.8) is 0 Å². The summed E-state index contributed by atoms with van der Waals surface area (Å²) in [7, 11) is -2.66. The van der Waals surface area contributed by atoms with Gasteiger partial charge in [-0.1, -0.05) is 53.5 Å². The molecule has 1 heterocycles. The van der Waals surface area contributed by atoms with E-state index in [2.05, 4.69) is 10.5 Å². The Balaban J connectivity index is 1.58. The Morgan fingerprint density at radius 1 is 1.03 bits per heavy atom. The van der Waals surface area contributed by atoms with Crippen LogP contribution in [0.2, 0.25) is 10.0 Å². The third-order valence-electron chi connectivity index (χ3n) is 5.98. The quantitative estimate of drug-likeness (QED) is 0.200. The molecule has 4 aromatic rings. The number of carbonyl (C=O) groups is 1. The van der Waals surface area contributed by atoms with Crippen molar-refractivity contribution in [2.75, 3.05) is 18.0 Å². The van der Waals surface area contributed by atoms with E-state index in [0.29, 0.717) is 15.8 Å². The van der Waals surface area contributed by atoms with Crippen LogP contribution in [0.15, 0.2) is 88.9 Å². The van der Waals surface area contributed by atoms with Crippen molar-refractivity contribution in [1.82, 2.24) is 9.99 Å². The summed E-state index contributed by atoms with van der Waals surface area (Å²) in [6, 6.07) is 21.6. The van der Waals surface area contributed by atoms with Gasteiger partial charge in [-0.25, -0.2) is 13.8 Å². The van der Waals surface area contributed by atoms with Crippen LogP contribution in [0, 0.1) is 13.8 Å². The summed E-state index contributed by atoms with van der Waals surface area (Å²) < 4.78 is 35.4. The molecule has 39 heavy (non-hydrogen) atoms. The number of hydrogen-bond donors (Lipinski definition) is 1. The average Bonchev–Trinajstić information content (AvgIpc) is 3.21. The van der Waals surface area contributed by atoms with Crippen molar-refractivity contribution < 1.29 is 17.9 Å². The first kappa shape index (κ1) is 28.2. The zero-order chi connectivity index (χ0) is 28.2. The Morgan fingerprint density at radius 3 is 2.44 bits per heavy atom. The van der Waals surface area contributed by atoms with E-state index in [-0.39, 0.29) is 10.6 Å². The maximum Gasteiger partial charge on any atom is 0.264 e. The first-order valence-corrected chi connectivity index (χ1v) is 14.0. The first-order valence-electron chi connectivity index (χ1n) is 11.8. The van der Waals surface area contributed by atoms with Gasteiger partial charge in [-0.15, -0.1) is 0 Å². The molecule has 11 heteroatoms. The summed E-state index contributed by atoms with van der Waals surface area (Å²) in [5.74, 6) is -0.330. The van der Waals surface area contributed by atoms with Gasteiger partial charge in [0.15, 0.2) is 0 Å². The van der Waals surface area contributed by atoms with E-state index in [1.165, 1.54) is 25.5 Å². The number of rotatable bonds is 9. The number of nitrogens with zero attached hydrogens (tertiary/aromatic N) is 3. The molecule has 0 aliphatic carbocycles. The summed E-state index contributed by atoms with van der Waals surface area (Å²) in [4.78, 5) is 13.0. The van der Waals surface area contributed by atoms with Crippen LogP contribution in [0.5, 0.6) is 5.75 Å². The van der Waals surface area contributed by atoms with Gasteiger partial charge < -0.3 is 9.30 Å². The van der Waals surface area contributed by atoms with Crippen LogP contribution in [0.25, 0.3) is 5.69 Å². The second kappa shape index (κ2) is 11.9. The molecule has 0 radical (unpaired) electrons. The third kappa shape index (κ3) is 6.11. The number of para-hydroxylation sites is 2. The Kier molecular flexibility index (Phi) is 8.64. The number of sulfonamides is 1. The third-order valence-corrected chi connectivity index (χ3v) is 8.31. The standard InChI is InChI=1S/C28H26Cl2N4O4S/c1-19-15-21(20(2)34(19)26-16-22(29)13-14-24(26)30)17-31-32-28(35)18-33(25-11-7-8-12-27(25)38-3)39(36,37)23-9-5-4-6-10-23/h4-17H,18H2,1-3H3,(H,32,35)/b31-17-. The topological polar surface area (TPSA) is 93.0 Å². The van der Waals surface area contributed by atoms with E-state index in [9.17, 15) is 13.2 Å². The van der Waals surface area contributed by atoms with Crippen LogP contribution in [-0.4, -0.2) is 38.8 Å². The van der Waals surface area contributed by atoms with Crippen molar-refractivity contribution in [3.05, 3.63) is 106 Å². The largest absolute Gasteiger partial charge is 0.495 e. The lowest BCUT2D eigenvalue weighted by atomic mass is 10.2. The van der Waals surface area contributed by atoms with Gasteiger partial charge in [-0.3, -0.25) is 9.10 Å². The second-order valence-electron chi connectivity index (χ2n) is 8.55. The molecule has 0 spiro atoms. The number of amides is 1. The van der Waals surface area contributed by atoms with E-state index in [1.807, 2.05) is 24.5 Å². The van der Waals surface area contributed by atoms with Gasteiger partial charge in [0, 0.05) is 22.0 Å². The van der Waals surface area contributed by atoms with Gasteiger partial charge in [-0.2, -0.15) is 5.10 Å². The van der Waals surface area contributed by atoms with Crippen LogP contribution in [0.3, 0.4) is 0 Å². The number of aryl methyl sites for hydroxylation is 1. The van der Waals surface area contributed by atoms with E-state index < -0.39 is 22.5 Å². The van der Waals surface area contributed by atoms with Crippen molar-refractivity contribution in [2.24, 2.45) is 5.10 Å². The van der Waals surface area contributed by atoms with Crippen LogP contribution < -0.4 is 14.5 Å². The minimum absolute atomic E-state index is 0.0410. The highest BCUT2D eigenvalue weighted by Crippen LogP contribution is 2.32. The molecule has 1 aromatic heterocycles. The highest BCUT2D eigenvalue weighted by molar-refractivity contribution is 7.92. The van der Waals surface area contributed by atoms with Crippen LogP contribution in [0.4, 0.5) is 5.69 Å². The molecule has 8 nitrogen and oxygen atoms in total. The molecule has 0 atom stereocenters. The Labute approximate surface area is 237 Å². The number of aromatic nitrogens is 1. The molecule has 0 aliphatic heterocycles. The molecule has 3 aromatic carbocycles. The molecular weight excluding hydrogens is 559 g/mol. The average molecular weight is 586 g/mol. The van der Waals surface area contributed by atoms with E-state index in [4.69, 9.17) is 27.9 Å². The lowest BCUT2D eigenvalue weighted by Crippen LogP contribution is -2.39. The highest BCUT2D eigenvalue weighted by atomic mass is 35.5.